The van der Waals surface area contributed by atoms with Crippen molar-refractivity contribution in [3.8, 4) is 0 Å². The van der Waals surface area contributed by atoms with Gasteiger partial charge in [-0.05, 0) is 19.1 Å². The number of nitrogens with zero attached hydrogens (tertiary/aromatic N) is 2. The van der Waals surface area contributed by atoms with Crippen LogP contribution in [0.15, 0.2) is 36.5 Å². The first kappa shape index (κ1) is 12.4. The van der Waals surface area contributed by atoms with Crippen LogP contribution in [0.2, 0.25) is 0 Å². The van der Waals surface area contributed by atoms with Gasteiger partial charge in [0.2, 0.25) is 0 Å². The van der Waals surface area contributed by atoms with Crippen molar-refractivity contribution >= 4 is 22.4 Å². The summed E-state index contributed by atoms with van der Waals surface area (Å²) >= 11 is 0. The number of nitrogens with one attached hydrogen (secondary N) is 1. The molecule has 4 nitrogen and oxygen atoms in total. The fourth-order valence-corrected chi connectivity index (χ4v) is 2.06. The van der Waals surface area contributed by atoms with Crippen LogP contribution in [-0.2, 0) is 0 Å². The van der Waals surface area contributed by atoms with E-state index in [2.05, 4.69) is 22.9 Å². The molecule has 0 saturated heterocycles. The van der Waals surface area contributed by atoms with Crippen molar-refractivity contribution in [2.75, 3.05) is 18.0 Å². The number of fused-ring (bicyclic) bond motifs is 1. The highest BCUT2D eigenvalue weighted by Crippen LogP contribution is 2.24. The summed E-state index contributed by atoms with van der Waals surface area (Å²) in [4.78, 5) is 6.59. The number of amidine groups is 1. The Labute approximate surface area is 107 Å². The maximum atomic E-state index is 7.33. The topological polar surface area (TPSA) is 66.0 Å². The second kappa shape index (κ2) is 5.49. The van der Waals surface area contributed by atoms with E-state index < -0.39 is 0 Å². The Balaban J connectivity index is 2.35. The molecule has 0 spiro atoms. The second-order valence-corrected chi connectivity index (χ2v) is 4.20. The maximum absolute atomic E-state index is 7.33. The zero-order valence-corrected chi connectivity index (χ0v) is 10.6. The molecular weight excluding hydrogens is 224 g/mol. The lowest BCUT2D eigenvalue weighted by atomic mass is 10.1. The first-order valence-corrected chi connectivity index (χ1v) is 6.14. The number of benzene rings is 1. The van der Waals surface area contributed by atoms with E-state index in [4.69, 9.17) is 11.1 Å². The van der Waals surface area contributed by atoms with Crippen LogP contribution in [-0.4, -0.2) is 23.9 Å². The van der Waals surface area contributed by atoms with Gasteiger partial charge in [-0.15, -0.1) is 0 Å². The van der Waals surface area contributed by atoms with Crippen LogP contribution < -0.4 is 10.6 Å². The third-order valence-corrected chi connectivity index (χ3v) is 3.00. The SMILES string of the molecule is CCN(CCC(=N)N)c1ccnc2ccccc12. The molecule has 0 radical (unpaired) electrons. The Morgan fingerprint density at radius 1 is 1.33 bits per heavy atom. The van der Waals surface area contributed by atoms with E-state index in [-0.39, 0.29) is 5.84 Å². The van der Waals surface area contributed by atoms with Crippen LogP contribution in [0.1, 0.15) is 13.3 Å². The predicted molar refractivity (Wildman–Crippen MR) is 76.2 cm³/mol. The van der Waals surface area contributed by atoms with Crippen LogP contribution in [0.5, 0.6) is 0 Å². The van der Waals surface area contributed by atoms with E-state index in [1.54, 1.807) is 0 Å². The molecule has 1 aromatic heterocycles. The zero-order chi connectivity index (χ0) is 13.0. The van der Waals surface area contributed by atoms with Gasteiger partial charge in [0.15, 0.2) is 0 Å². The molecule has 1 aromatic carbocycles. The number of aromatic nitrogens is 1. The van der Waals surface area contributed by atoms with Gasteiger partial charge in [-0.3, -0.25) is 10.4 Å². The third kappa shape index (κ3) is 2.59. The fourth-order valence-electron chi connectivity index (χ4n) is 2.06. The van der Waals surface area contributed by atoms with Crippen LogP contribution in [0.4, 0.5) is 5.69 Å². The minimum Gasteiger partial charge on any atom is -0.388 e. The standard InChI is InChI=1S/C14H18N4/c1-2-18(10-8-14(15)16)13-7-9-17-12-6-4-3-5-11(12)13/h3-7,9H,2,8,10H2,1H3,(H3,15,16). The predicted octanol–water partition coefficient (Wildman–Crippen LogP) is 2.39. The van der Waals surface area contributed by atoms with Gasteiger partial charge in [-0.25, -0.2) is 0 Å². The van der Waals surface area contributed by atoms with Crippen LogP contribution in [0.25, 0.3) is 10.9 Å². The molecule has 0 atom stereocenters. The average Bonchev–Trinajstić information content (AvgIpc) is 2.39. The lowest BCUT2D eigenvalue weighted by Gasteiger charge is -2.24. The van der Waals surface area contributed by atoms with Crippen LogP contribution >= 0.6 is 0 Å². The minimum absolute atomic E-state index is 0.229. The molecule has 0 aliphatic rings. The summed E-state index contributed by atoms with van der Waals surface area (Å²) in [6, 6.07) is 10.1. The van der Waals surface area contributed by atoms with E-state index in [1.165, 1.54) is 0 Å². The van der Waals surface area contributed by atoms with Gasteiger partial charge in [-0.2, -0.15) is 0 Å². The Morgan fingerprint density at radius 2 is 2.11 bits per heavy atom. The second-order valence-electron chi connectivity index (χ2n) is 4.20. The normalized spacial score (nSPS) is 10.5. The number of hydrogen-bond donors (Lipinski definition) is 2. The van der Waals surface area contributed by atoms with Gasteiger partial charge in [0.1, 0.15) is 0 Å². The zero-order valence-electron chi connectivity index (χ0n) is 10.6. The molecule has 4 heteroatoms. The van der Waals surface area contributed by atoms with Gasteiger partial charge in [0.05, 0.1) is 11.4 Å². The van der Waals surface area contributed by atoms with Gasteiger partial charge < -0.3 is 10.6 Å². The summed E-state index contributed by atoms with van der Waals surface area (Å²) in [5.41, 5.74) is 7.58. The van der Waals surface area contributed by atoms with E-state index >= 15 is 0 Å². The van der Waals surface area contributed by atoms with Gasteiger partial charge in [0, 0.05) is 36.8 Å². The van der Waals surface area contributed by atoms with Crippen molar-refractivity contribution in [3.05, 3.63) is 36.5 Å². The molecule has 2 aromatic rings. The molecule has 3 N–H and O–H groups in total. The molecule has 18 heavy (non-hydrogen) atoms. The molecule has 2 rings (SSSR count). The Hall–Kier alpha value is -2.10. The van der Waals surface area contributed by atoms with Crippen LogP contribution in [0.3, 0.4) is 0 Å². The highest BCUT2D eigenvalue weighted by atomic mass is 15.1. The molecule has 0 amide bonds. The highest BCUT2D eigenvalue weighted by molar-refractivity contribution is 5.91. The molecule has 0 unspecified atom stereocenters. The largest absolute Gasteiger partial charge is 0.388 e. The minimum atomic E-state index is 0.229. The fraction of sp³-hybridized carbons (Fsp3) is 0.286. The highest BCUT2D eigenvalue weighted by Gasteiger charge is 2.08. The van der Waals surface area contributed by atoms with Crippen molar-refractivity contribution in [1.29, 1.82) is 5.41 Å². The number of nitrogens with two attached hydrogens (primary N) is 1. The van der Waals surface area contributed by atoms with Crippen molar-refractivity contribution in [2.24, 2.45) is 5.73 Å². The molecular formula is C14H18N4. The Morgan fingerprint density at radius 3 is 2.83 bits per heavy atom. The summed E-state index contributed by atoms with van der Waals surface area (Å²) in [6.07, 6.45) is 2.42. The molecule has 1 heterocycles. The molecule has 0 fully saturated rings. The number of pyridine rings is 1. The Bertz CT molecular complexity index is 545. The van der Waals surface area contributed by atoms with E-state index in [0.717, 1.165) is 29.7 Å². The first-order valence-electron chi connectivity index (χ1n) is 6.14. The Kier molecular flexibility index (Phi) is 3.77. The summed E-state index contributed by atoms with van der Waals surface area (Å²) < 4.78 is 0. The average molecular weight is 242 g/mol. The lowest BCUT2D eigenvalue weighted by Crippen LogP contribution is -2.27. The molecule has 0 bridgehead atoms. The smallest absolute Gasteiger partial charge is 0.0923 e. The maximum Gasteiger partial charge on any atom is 0.0923 e. The molecule has 0 aliphatic heterocycles. The number of hydrogen-bond acceptors (Lipinski definition) is 3. The van der Waals surface area contributed by atoms with E-state index in [9.17, 15) is 0 Å². The monoisotopic (exact) mass is 242 g/mol. The van der Waals surface area contributed by atoms with Crippen molar-refractivity contribution in [3.63, 3.8) is 0 Å². The molecule has 0 aliphatic carbocycles. The van der Waals surface area contributed by atoms with E-state index in [1.807, 2.05) is 30.5 Å². The van der Waals surface area contributed by atoms with Gasteiger partial charge >= 0.3 is 0 Å². The lowest BCUT2D eigenvalue weighted by molar-refractivity contribution is 0.834. The number of anilines is 1. The summed E-state index contributed by atoms with van der Waals surface area (Å²) in [6.45, 7) is 3.76. The van der Waals surface area contributed by atoms with Crippen molar-refractivity contribution < 1.29 is 0 Å². The quantitative estimate of drug-likeness (QED) is 0.625. The first-order chi connectivity index (χ1) is 8.72. The summed E-state index contributed by atoms with van der Waals surface area (Å²) in [5, 5.41) is 8.47. The third-order valence-electron chi connectivity index (χ3n) is 3.00. The number of para-hydroxylation sites is 1. The summed E-state index contributed by atoms with van der Waals surface area (Å²) in [7, 11) is 0. The van der Waals surface area contributed by atoms with E-state index in [0.29, 0.717) is 6.42 Å². The van der Waals surface area contributed by atoms with Gasteiger partial charge in [0.25, 0.3) is 0 Å². The number of rotatable bonds is 5. The summed E-state index contributed by atoms with van der Waals surface area (Å²) in [5.74, 6) is 0.229. The van der Waals surface area contributed by atoms with Crippen molar-refractivity contribution in [1.82, 2.24) is 4.98 Å². The molecule has 0 saturated carbocycles. The van der Waals surface area contributed by atoms with Crippen molar-refractivity contribution in [2.45, 2.75) is 13.3 Å². The van der Waals surface area contributed by atoms with Crippen LogP contribution in [0, 0.1) is 5.41 Å². The van der Waals surface area contributed by atoms with Gasteiger partial charge in [-0.1, -0.05) is 18.2 Å². The molecule has 94 valence electrons.